The lowest BCUT2D eigenvalue weighted by atomic mass is 9.95. The van der Waals surface area contributed by atoms with Crippen molar-refractivity contribution in [2.45, 2.75) is 40.7 Å². The molecular weight excluding hydrogens is 571 g/mol. The van der Waals surface area contributed by atoms with Gasteiger partial charge in [-0.15, -0.1) is 0 Å². The highest BCUT2D eigenvalue weighted by atomic mass is 35.5. The summed E-state index contributed by atoms with van der Waals surface area (Å²) in [6.45, 7) is 8.09. The molecule has 0 aliphatic heterocycles. The summed E-state index contributed by atoms with van der Waals surface area (Å²) in [5.74, 6) is 0.730. The SMILES string of the molecule is CCOc1cc2c(cc1C(=O)Nc1cccc(Cl)c1)nc(Cc1c(Cl)ccc(CNC(=O)C(C)(C)C)c1Cl)n2C. The fourth-order valence-corrected chi connectivity index (χ4v) is 4.95. The van der Waals surface area contributed by atoms with E-state index in [1.165, 1.54) is 0 Å². The maximum Gasteiger partial charge on any atom is 0.259 e. The van der Waals surface area contributed by atoms with Crippen LogP contribution in [0.1, 0.15) is 55.0 Å². The Kier molecular flexibility index (Phi) is 8.98. The first-order valence-corrected chi connectivity index (χ1v) is 14.0. The van der Waals surface area contributed by atoms with Gasteiger partial charge in [-0.05, 0) is 48.4 Å². The Morgan fingerprint density at radius 1 is 1.05 bits per heavy atom. The molecule has 0 bridgehead atoms. The summed E-state index contributed by atoms with van der Waals surface area (Å²) >= 11 is 19.4. The molecule has 0 atom stereocenters. The zero-order valence-corrected chi connectivity index (χ0v) is 25.3. The second-order valence-corrected chi connectivity index (χ2v) is 11.7. The van der Waals surface area contributed by atoms with Crippen LogP contribution in [0.5, 0.6) is 5.75 Å². The number of ether oxygens (including phenoxy) is 1. The van der Waals surface area contributed by atoms with E-state index in [1.54, 1.807) is 36.4 Å². The first kappa shape index (κ1) is 29.7. The van der Waals surface area contributed by atoms with Crippen molar-refractivity contribution in [3.05, 3.63) is 86.1 Å². The van der Waals surface area contributed by atoms with Crippen LogP contribution >= 0.6 is 34.8 Å². The highest BCUT2D eigenvalue weighted by Gasteiger charge is 2.23. The Morgan fingerprint density at radius 3 is 2.48 bits per heavy atom. The molecule has 3 aromatic carbocycles. The summed E-state index contributed by atoms with van der Waals surface area (Å²) in [5, 5.41) is 7.30. The maximum absolute atomic E-state index is 13.2. The van der Waals surface area contributed by atoms with Crippen molar-refractivity contribution in [2.75, 3.05) is 11.9 Å². The molecule has 0 aliphatic rings. The van der Waals surface area contributed by atoms with E-state index in [0.29, 0.717) is 62.0 Å². The predicted molar refractivity (Wildman–Crippen MR) is 162 cm³/mol. The lowest BCUT2D eigenvalue weighted by molar-refractivity contribution is -0.128. The van der Waals surface area contributed by atoms with Crippen molar-refractivity contribution in [3.8, 4) is 5.75 Å². The molecule has 0 aliphatic carbocycles. The lowest BCUT2D eigenvalue weighted by Crippen LogP contribution is -2.34. The second kappa shape index (κ2) is 12.1. The number of carbonyl (C=O) groups excluding carboxylic acids is 2. The Labute approximate surface area is 248 Å². The number of imidazole rings is 1. The molecule has 2 amide bonds. The number of hydrogen-bond acceptors (Lipinski definition) is 4. The second-order valence-electron chi connectivity index (χ2n) is 10.4. The van der Waals surface area contributed by atoms with Gasteiger partial charge in [0.2, 0.25) is 5.91 Å². The van der Waals surface area contributed by atoms with E-state index in [4.69, 9.17) is 44.5 Å². The summed E-state index contributed by atoms with van der Waals surface area (Å²) < 4.78 is 7.76. The third-order valence-corrected chi connectivity index (χ3v) is 7.48. The molecule has 10 heteroatoms. The van der Waals surface area contributed by atoms with E-state index >= 15 is 0 Å². The topological polar surface area (TPSA) is 85.2 Å². The van der Waals surface area contributed by atoms with Gasteiger partial charge < -0.3 is 19.9 Å². The van der Waals surface area contributed by atoms with E-state index in [1.807, 2.05) is 51.4 Å². The molecule has 2 N–H and O–H groups in total. The third-order valence-electron chi connectivity index (χ3n) is 6.42. The van der Waals surface area contributed by atoms with Gasteiger partial charge in [-0.2, -0.15) is 0 Å². The number of nitrogens with zero attached hydrogens (tertiary/aromatic N) is 2. The minimum absolute atomic E-state index is 0.0734. The normalized spacial score (nSPS) is 11.5. The average Bonchev–Trinajstić information content (AvgIpc) is 3.19. The highest BCUT2D eigenvalue weighted by molar-refractivity contribution is 6.36. The molecular formula is C30H31Cl3N4O3. The number of halogens is 3. The third kappa shape index (κ3) is 6.54. The van der Waals surface area contributed by atoms with Gasteiger partial charge in [0.05, 0.1) is 28.2 Å². The van der Waals surface area contributed by atoms with Gasteiger partial charge in [0, 0.05) is 47.2 Å². The molecule has 210 valence electrons. The number of carbonyl (C=O) groups is 2. The van der Waals surface area contributed by atoms with Gasteiger partial charge in [0.25, 0.3) is 5.91 Å². The van der Waals surface area contributed by atoms with Crippen LogP contribution in [-0.2, 0) is 24.8 Å². The van der Waals surface area contributed by atoms with E-state index in [0.717, 1.165) is 11.1 Å². The van der Waals surface area contributed by atoms with Crippen LogP contribution in [0.2, 0.25) is 15.1 Å². The van der Waals surface area contributed by atoms with Crippen LogP contribution < -0.4 is 15.4 Å². The Hall–Kier alpha value is -3.26. The van der Waals surface area contributed by atoms with E-state index in [9.17, 15) is 9.59 Å². The number of nitrogens with one attached hydrogen (secondary N) is 2. The molecule has 0 radical (unpaired) electrons. The maximum atomic E-state index is 13.2. The van der Waals surface area contributed by atoms with Gasteiger partial charge in [-0.25, -0.2) is 4.98 Å². The zero-order valence-electron chi connectivity index (χ0n) is 23.0. The van der Waals surface area contributed by atoms with Crippen LogP contribution in [0.25, 0.3) is 11.0 Å². The van der Waals surface area contributed by atoms with Gasteiger partial charge >= 0.3 is 0 Å². The van der Waals surface area contributed by atoms with Crippen molar-refractivity contribution in [1.29, 1.82) is 0 Å². The van der Waals surface area contributed by atoms with E-state index < -0.39 is 5.41 Å². The number of hydrogen-bond donors (Lipinski definition) is 2. The zero-order chi connectivity index (χ0) is 29.2. The van der Waals surface area contributed by atoms with Crippen LogP contribution in [0.3, 0.4) is 0 Å². The number of benzene rings is 3. The Morgan fingerprint density at radius 2 is 1.80 bits per heavy atom. The fraction of sp³-hybridized carbons (Fsp3) is 0.300. The molecule has 40 heavy (non-hydrogen) atoms. The molecule has 0 saturated carbocycles. The standard InChI is InChI=1S/C30H31Cl3N4O3/c1-6-40-25-15-24-23(13-21(25)28(38)35-19-9-7-8-18(31)12-19)36-26(37(24)5)14-20-22(32)11-10-17(27(20)33)16-34-29(39)30(2,3)4/h7-13,15H,6,14,16H2,1-5H3,(H,34,39)(H,35,38). The summed E-state index contributed by atoms with van der Waals surface area (Å²) in [5.41, 5.74) is 3.29. The molecule has 7 nitrogen and oxygen atoms in total. The molecule has 0 saturated heterocycles. The van der Waals surface area contributed by atoms with Gasteiger partial charge in [0.1, 0.15) is 11.6 Å². The van der Waals surface area contributed by atoms with Crippen molar-refractivity contribution >= 4 is 63.3 Å². The van der Waals surface area contributed by atoms with Crippen LogP contribution in [-0.4, -0.2) is 28.0 Å². The predicted octanol–water partition coefficient (Wildman–Crippen LogP) is 7.44. The molecule has 4 rings (SSSR count). The molecule has 0 unspecified atom stereocenters. The monoisotopic (exact) mass is 600 g/mol. The number of aryl methyl sites for hydroxylation is 1. The first-order chi connectivity index (χ1) is 18.9. The molecule has 0 spiro atoms. The number of amides is 2. The van der Waals surface area contributed by atoms with Crippen molar-refractivity contribution in [2.24, 2.45) is 12.5 Å². The smallest absolute Gasteiger partial charge is 0.259 e. The Balaban J connectivity index is 1.66. The average molecular weight is 602 g/mol. The minimum atomic E-state index is -0.515. The number of aromatic nitrogens is 2. The van der Waals surface area contributed by atoms with Crippen LogP contribution in [0.15, 0.2) is 48.5 Å². The van der Waals surface area contributed by atoms with Gasteiger partial charge in [0.15, 0.2) is 0 Å². The summed E-state index contributed by atoms with van der Waals surface area (Å²) in [7, 11) is 1.89. The number of anilines is 1. The van der Waals surface area contributed by atoms with Gasteiger partial charge in [-0.3, -0.25) is 9.59 Å². The van der Waals surface area contributed by atoms with Crippen LogP contribution in [0, 0.1) is 5.41 Å². The largest absolute Gasteiger partial charge is 0.493 e. The van der Waals surface area contributed by atoms with Crippen molar-refractivity contribution in [3.63, 3.8) is 0 Å². The molecule has 1 aromatic heterocycles. The minimum Gasteiger partial charge on any atom is -0.493 e. The van der Waals surface area contributed by atoms with E-state index in [2.05, 4.69) is 10.6 Å². The van der Waals surface area contributed by atoms with E-state index in [-0.39, 0.29) is 18.4 Å². The van der Waals surface area contributed by atoms with Crippen molar-refractivity contribution < 1.29 is 14.3 Å². The Bertz CT molecular complexity index is 1590. The summed E-state index contributed by atoms with van der Waals surface area (Å²) in [4.78, 5) is 30.4. The molecule has 4 aromatic rings. The highest BCUT2D eigenvalue weighted by Crippen LogP contribution is 2.33. The summed E-state index contributed by atoms with van der Waals surface area (Å²) in [6.07, 6.45) is 0.345. The summed E-state index contributed by atoms with van der Waals surface area (Å²) in [6, 6.07) is 14.0. The number of rotatable bonds is 8. The first-order valence-electron chi connectivity index (χ1n) is 12.8. The number of fused-ring (bicyclic) bond motifs is 1. The lowest BCUT2D eigenvalue weighted by Gasteiger charge is -2.18. The fourth-order valence-electron chi connectivity index (χ4n) is 4.19. The molecule has 1 heterocycles. The molecule has 0 fully saturated rings. The van der Waals surface area contributed by atoms with Crippen molar-refractivity contribution in [1.82, 2.24) is 14.9 Å². The van der Waals surface area contributed by atoms with Crippen LogP contribution in [0.4, 0.5) is 5.69 Å². The quantitative estimate of drug-likeness (QED) is 0.220. The van der Waals surface area contributed by atoms with Gasteiger partial charge in [-0.1, -0.05) is 67.7 Å².